The summed E-state index contributed by atoms with van der Waals surface area (Å²) in [7, 11) is 0. The summed E-state index contributed by atoms with van der Waals surface area (Å²) in [6.07, 6.45) is 1.17. The second-order valence-electron chi connectivity index (χ2n) is 3.64. The lowest BCUT2D eigenvalue weighted by Crippen LogP contribution is -2.50. The van der Waals surface area contributed by atoms with Gasteiger partial charge in [-0.05, 0) is 40.2 Å². The molecule has 0 radical (unpaired) electrons. The highest BCUT2D eigenvalue weighted by Crippen LogP contribution is 2.24. The van der Waals surface area contributed by atoms with Crippen LogP contribution in [0.1, 0.15) is 31.6 Å². The first-order chi connectivity index (χ1) is 7.55. The van der Waals surface area contributed by atoms with Gasteiger partial charge in [0, 0.05) is 15.9 Å². The first-order valence-corrected chi connectivity index (χ1v) is 6.93. The monoisotopic (exact) mass is 305 g/mol. The number of hydrogen-bond acceptors (Lipinski definition) is 3. The minimum atomic E-state index is -0.802. The summed E-state index contributed by atoms with van der Waals surface area (Å²) in [6, 6.07) is 1.97. The minimum Gasteiger partial charge on any atom is -0.480 e. The molecule has 90 valence electrons. The second kappa shape index (κ2) is 5.80. The third kappa shape index (κ3) is 2.84. The molecule has 0 amide bonds. The Bertz CT molecular complexity index is 361. The predicted octanol–water partition coefficient (Wildman–Crippen LogP) is 3.24. The van der Waals surface area contributed by atoms with Crippen molar-refractivity contribution in [3.05, 3.63) is 20.8 Å². The smallest absolute Gasteiger partial charge is 0.323 e. The van der Waals surface area contributed by atoms with E-state index in [2.05, 4.69) is 21.2 Å². The molecule has 2 N–H and O–H groups in total. The van der Waals surface area contributed by atoms with Gasteiger partial charge >= 0.3 is 5.97 Å². The summed E-state index contributed by atoms with van der Waals surface area (Å²) in [5.74, 6) is -0.773. The zero-order chi connectivity index (χ0) is 12.2. The molecule has 0 aliphatic rings. The molecule has 0 atom stereocenters. The Hall–Kier alpha value is -0.390. The lowest BCUT2D eigenvalue weighted by molar-refractivity contribution is -0.145. The van der Waals surface area contributed by atoms with Crippen molar-refractivity contribution in [2.24, 2.45) is 0 Å². The highest BCUT2D eigenvalue weighted by Gasteiger charge is 2.34. The molecule has 5 heteroatoms. The summed E-state index contributed by atoms with van der Waals surface area (Å²) in [6.45, 7) is 4.38. The van der Waals surface area contributed by atoms with Crippen molar-refractivity contribution < 1.29 is 9.90 Å². The van der Waals surface area contributed by atoms with E-state index in [0.29, 0.717) is 19.4 Å². The maximum Gasteiger partial charge on any atom is 0.323 e. The van der Waals surface area contributed by atoms with Gasteiger partial charge in [-0.15, -0.1) is 11.3 Å². The molecule has 1 rings (SSSR count). The molecular weight excluding hydrogens is 290 g/mol. The molecule has 0 aliphatic heterocycles. The van der Waals surface area contributed by atoms with E-state index in [1.807, 2.05) is 25.3 Å². The third-order valence-corrected chi connectivity index (χ3v) is 4.82. The molecule has 1 aromatic heterocycles. The van der Waals surface area contributed by atoms with Crippen LogP contribution in [0.2, 0.25) is 0 Å². The molecule has 0 unspecified atom stereocenters. The van der Waals surface area contributed by atoms with E-state index in [1.165, 1.54) is 0 Å². The summed E-state index contributed by atoms with van der Waals surface area (Å²) in [5.41, 5.74) is -0.802. The zero-order valence-electron chi connectivity index (χ0n) is 9.42. The number of carboxylic acid groups (broad SMARTS) is 1. The van der Waals surface area contributed by atoms with Crippen LogP contribution in [0.4, 0.5) is 0 Å². The van der Waals surface area contributed by atoms with Gasteiger partial charge in [-0.1, -0.05) is 13.8 Å². The summed E-state index contributed by atoms with van der Waals surface area (Å²) >= 11 is 5.06. The van der Waals surface area contributed by atoms with E-state index >= 15 is 0 Å². The van der Waals surface area contributed by atoms with Crippen molar-refractivity contribution in [2.45, 2.75) is 38.8 Å². The largest absolute Gasteiger partial charge is 0.480 e. The zero-order valence-corrected chi connectivity index (χ0v) is 11.8. The van der Waals surface area contributed by atoms with Crippen molar-refractivity contribution in [2.75, 3.05) is 0 Å². The molecule has 16 heavy (non-hydrogen) atoms. The normalized spacial score (nSPS) is 11.7. The molecule has 0 fully saturated rings. The van der Waals surface area contributed by atoms with Gasteiger partial charge in [0.15, 0.2) is 0 Å². The SMILES string of the molecule is CCC(CC)(NCc1sccc1Br)C(=O)O. The van der Waals surface area contributed by atoms with Crippen molar-refractivity contribution in [1.29, 1.82) is 0 Å². The fourth-order valence-corrected chi connectivity index (χ4v) is 3.01. The van der Waals surface area contributed by atoms with Crippen LogP contribution in [-0.4, -0.2) is 16.6 Å². The van der Waals surface area contributed by atoms with Gasteiger partial charge in [0.05, 0.1) is 0 Å². The van der Waals surface area contributed by atoms with Gasteiger partial charge < -0.3 is 5.11 Å². The van der Waals surface area contributed by atoms with Crippen LogP contribution in [-0.2, 0) is 11.3 Å². The number of nitrogens with one attached hydrogen (secondary N) is 1. The highest BCUT2D eigenvalue weighted by molar-refractivity contribution is 9.10. The van der Waals surface area contributed by atoms with Gasteiger partial charge in [0.25, 0.3) is 0 Å². The third-order valence-electron chi connectivity index (χ3n) is 2.89. The van der Waals surface area contributed by atoms with Crippen LogP contribution in [0.15, 0.2) is 15.9 Å². The molecule has 1 aromatic rings. The molecule has 0 aliphatic carbocycles. The van der Waals surface area contributed by atoms with Crippen LogP contribution in [0.25, 0.3) is 0 Å². The van der Waals surface area contributed by atoms with E-state index < -0.39 is 11.5 Å². The van der Waals surface area contributed by atoms with Crippen LogP contribution >= 0.6 is 27.3 Å². The first kappa shape index (κ1) is 13.7. The van der Waals surface area contributed by atoms with Gasteiger partial charge in [-0.2, -0.15) is 0 Å². The average molecular weight is 306 g/mol. The molecule has 0 spiro atoms. The quantitative estimate of drug-likeness (QED) is 0.848. The van der Waals surface area contributed by atoms with Gasteiger partial charge in [0.2, 0.25) is 0 Å². The van der Waals surface area contributed by atoms with E-state index in [1.54, 1.807) is 11.3 Å². The summed E-state index contributed by atoms with van der Waals surface area (Å²) in [5, 5.41) is 14.4. The van der Waals surface area contributed by atoms with Gasteiger partial charge in [0.1, 0.15) is 5.54 Å². The fraction of sp³-hybridized carbons (Fsp3) is 0.545. The van der Waals surface area contributed by atoms with Crippen molar-refractivity contribution >= 4 is 33.2 Å². The van der Waals surface area contributed by atoms with Crippen LogP contribution in [0, 0.1) is 0 Å². The van der Waals surface area contributed by atoms with E-state index in [-0.39, 0.29) is 0 Å². The highest BCUT2D eigenvalue weighted by atomic mass is 79.9. The predicted molar refractivity (Wildman–Crippen MR) is 69.8 cm³/mol. The fourth-order valence-electron chi connectivity index (χ4n) is 1.58. The van der Waals surface area contributed by atoms with E-state index in [0.717, 1.165) is 9.35 Å². The molecule has 0 saturated heterocycles. The molecule has 3 nitrogen and oxygen atoms in total. The maximum absolute atomic E-state index is 11.3. The van der Waals surface area contributed by atoms with Crippen LogP contribution in [0.5, 0.6) is 0 Å². The Balaban J connectivity index is 2.71. The van der Waals surface area contributed by atoms with Crippen molar-refractivity contribution in [3.63, 3.8) is 0 Å². The molecular formula is C11H16BrNO2S. The van der Waals surface area contributed by atoms with Gasteiger partial charge in [-0.3, -0.25) is 10.1 Å². The topological polar surface area (TPSA) is 49.3 Å². The number of halogens is 1. The van der Waals surface area contributed by atoms with Crippen molar-refractivity contribution in [1.82, 2.24) is 5.32 Å². The molecule has 1 heterocycles. The summed E-state index contributed by atoms with van der Waals surface area (Å²) in [4.78, 5) is 12.4. The number of thiophene rings is 1. The number of aliphatic carboxylic acids is 1. The Morgan fingerprint density at radius 1 is 1.56 bits per heavy atom. The Labute approximate surface area is 108 Å². The summed E-state index contributed by atoms with van der Waals surface area (Å²) < 4.78 is 1.04. The number of carboxylic acids is 1. The lowest BCUT2D eigenvalue weighted by atomic mass is 9.93. The Kier molecular flexibility index (Phi) is 4.95. The first-order valence-electron chi connectivity index (χ1n) is 5.26. The van der Waals surface area contributed by atoms with Gasteiger partial charge in [-0.25, -0.2) is 0 Å². The number of rotatable bonds is 6. The number of hydrogen-bond donors (Lipinski definition) is 2. The standard InChI is InChI=1S/C11H16BrNO2S/c1-3-11(4-2,10(14)15)13-7-9-8(12)5-6-16-9/h5-6,13H,3-4,7H2,1-2H3,(H,14,15). The number of carbonyl (C=O) groups is 1. The maximum atomic E-state index is 11.3. The Morgan fingerprint density at radius 2 is 2.19 bits per heavy atom. The lowest BCUT2D eigenvalue weighted by Gasteiger charge is -2.28. The Morgan fingerprint density at radius 3 is 2.56 bits per heavy atom. The molecule has 0 bridgehead atoms. The average Bonchev–Trinajstić information content (AvgIpc) is 2.66. The minimum absolute atomic E-state index is 0.585. The van der Waals surface area contributed by atoms with E-state index in [4.69, 9.17) is 0 Å². The molecule has 0 aromatic carbocycles. The van der Waals surface area contributed by atoms with Crippen LogP contribution < -0.4 is 5.32 Å². The van der Waals surface area contributed by atoms with Crippen molar-refractivity contribution in [3.8, 4) is 0 Å². The second-order valence-corrected chi connectivity index (χ2v) is 5.49. The van der Waals surface area contributed by atoms with E-state index in [9.17, 15) is 9.90 Å². The molecule has 0 saturated carbocycles. The van der Waals surface area contributed by atoms with Crippen LogP contribution in [0.3, 0.4) is 0 Å².